The summed E-state index contributed by atoms with van der Waals surface area (Å²) in [6.45, 7) is 7.23. The van der Waals surface area contributed by atoms with Crippen LogP contribution in [-0.2, 0) is 0 Å². The average Bonchev–Trinajstić information content (AvgIpc) is 2.20. The van der Waals surface area contributed by atoms with E-state index in [-0.39, 0.29) is 11.5 Å². The lowest BCUT2D eigenvalue weighted by Crippen LogP contribution is -2.58. The van der Waals surface area contributed by atoms with Gasteiger partial charge in [0.15, 0.2) is 0 Å². The molecule has 0 spiro atoms. The van der Waals surface area contributed by atoms with Gasteiger partial charge in [0.05, 0.1) is 6.10 Å². The molecule has 4 rings (SSSR count). The van der Waals surface area contributed by atoms with Crippen molar-refractivity contribution in [3.8, 4) is 0 Å². The van der Waals surface area contributed by atoms with E-state index >= 15 is 0 Å². The molecule has 104 valence electrons. The van der Waals surface area contributed by atoms with Crippen LogP contribution in [0, 0.1) is 22.2 Å². The first-order valence-corrected chi connectivity index (χ1v) is 8.07. The van der Waals surface area contributed by atoms with Gasteiger partial charge in [0, 0.05) is 0 Å². The van der Waals surface area contributed by atoms with Crippen molar-refractivity contribution >= 4 is 0 Å². The van der Waals surface area contributed by atoms with Crippen LogP contribution < -0.4 is 0 Å². The zero-order chi connectivity index (χ0) is 13.0. The molecular formula is C17H30O. The van der Waals surface area contributed by atoms with Gasteiger partial charge in [-0.15, -0.1) is 0 Å². The van der Waals surface area contributed by atoms with E-state index in [0.717, 1.165) is 12.3 Å². The summed E-state index contributed by atoms with van der Waals surface area (Å²) in [4.78, 5) is 0. The van der Waals surface area contributed by atoms with Crippen molar-refractivity contribution in [3.05, 3.63) is 0 Å². The summed E-state index contributed by atoms with van der Waals surface area (Å²) >= 11 is 0. The minimum absolute atomic E-state index is 0.0282. The Kier molecular flexibility index (Phi) is 2.86. The lowest BCUT2D eigenvalue weighted by atomic mass is 9.39. The molecule has 0 aromatic carbocycles. The van der Waals surface area contributed by atoms with Crippen LogP contribution in [0.15, 0.2) is 0 Å². The van der Waals surface area contributed by atoms with E-state index in [1.807, 2.05) is 0 Å². The summed E-state index contributed by atoms with van der Waals surface area (Å²) in [6, 6.07) is 0. The van der Waals surface area contributed by atoms with Gasteiger partial charge in [-0.1, -0.05) is 33.6 Å². The molecule has 1 N–H and O–H groups in total. The van der Waals surface area contributed by atoms with Gasteiger partial charge in [0.25, 0.3) is 0 Å². The Bertz CT molecular complexity index is 317. The number of hydrogen-bond donors (Lipinski definition) is 1. The highest BCUT2D eigenvalue weighted by atomic mass is 16.3. The van der Waals surface area contributed by atoms with Crippen molar-refractivity contribution in [2.45, 2.75) is 84.7 Å². The zero-order valence-corrected chi connectivity index (χ0v) is 12.5. The predicted octanol–water partition coefficient (Wildman–Crippen LogP) is 4.53. The first-order chi connectivity index (χ1) is 8.39. The van der Waals surface area contributed by atoms with Crippen LogP contribution in [0.25, 0.3) is 0 Å². The third-order valence-electron chi connectivity index (χ3n) is 6.21. The highest BCUT2D eigenvalue weighted by molar-refractivity contribution is 5.12. The fraction of sp³-hybridized carbons (Fsp3) is 1.00. The summed E-state index contributed by atoms with van der Waals surface area (Å²) < 4.78 is 0. The molecule has 0 amide bonds. The SMILES string of the molecule is CCCCC(O)C12CC3CC(C)(CC(C)(C3)C1)C2. The summed E-state index contributed by atoms with van der Waals surface area (Å²) in [5, 5.41) is 10.8. The normalized spacial score (nSPS) is 51.7. The third kappa shape index (κ3) is 1.94. The van der Waals surface area contributed by atoms with Crippen molar-refractivity contribution in [1.82, 2.24) is 0 Å². The van der Waals surface area contributed by atoms with E-state index < -0.39 is 0 Å². The Morgan fingerprint density at radius 1 is 1.06 bits per heavy atom. The molecule has 0 saturated heterocycles. The van der Waals surface area contributed by atoms with Crippen molar-refractivity contribution < 1.29 is 5.11 Å². The fourth-order valence-electron chi connectivity index (χ4n) is 6.61. The molecule has 4 aliphatic rings. The average molecular weight is 250 g/mol. The van der Waals surface area contributed by atoms with Crippen molar-refractivity contribution in [2.75, 3.05) is 0 Å². The summed E-state index contributed by atoms with van der Waals surface area (Å²) in [6.07, 6.45) is 11.6. The van der Waals surface area contributed by atoms with Gasteiger partial charge >= 0.3 is 0 Å². The maximum atomic E-state index is 10.8. The fourth-order valence-corrected chi connectivity index (χ4v) is 6.61. The summed E-state index contributed by atoms with van der Waals surface area (Å²) in [5.74, 6) is 0.910. The second kappa shape index (κ2) is 3.98. The maximum absolute atomic E-state index is 10.8. The van der Waals surface area contributed by atoms with Gasteiger partial charge in [-0.05, 0) is 67.1 Å². The van der Waals surface area contributed by atoms with E-state index in [0.29, 0.717) is 10.8 Å². The van der Waals surface area contributed by atoms with Crippen LogP contribution in [-0.4, -0.2) is 11.2 Å². The minimum atomic E-state index is -0.0282. The van der Waals surface area contributed by atoms with Crippen LogP contribution in [0.5, 0.6) is 0 Å². The third-order valence-corrected chi connectivity index (χ3v) is 6.21. The van der Waals surface area contributed by atoms with Gasteiger partial charge in [-0.3, -0.25) is 0 Å². The summed E-state index contributed by atoms with van der Waals surface area (Å²) in [5.41, 5.74) is 1.38. The standard InChI is InChI=1S/C17H30O/c1-4-5-6-14(18)17-9-13-7-15(2,11-17)10-16(3,8-13)12-17/h13-14,18H,4-12H2,1-3H3. The van der Waals surface area contributed by atoms with Crippen LogP contribution in [0.3, 0.4) is 0 Å². The summed E-state index contributed by atoms with van der Waals surface area (Å²) in [7, 11) is 0. The lowest BCUT2D eigenvalue weighted by Gasteiger charge is -2.66. The van der Waals surface area contributed by atoms with Crippen LogP contribution in [0.1, 0.15) is 78.6 Å². The Balaban J connectivity index is 1.84. The highest BCUT2D eigenvalue weighted by Gasteiger charge is 2.61. The zero-order valence-electron chi connectivity index (χ0n) is 12.5. The van der Waals surface area contributed by atoms with Crippen molar-refractivity contribution in [2.24, 2.45) is 22.2 Å². The van der Waals surface area contributed by atoms with Gasteiger partial charge in [0.1, 0.15) is 0 Å². The molecule has 4 saturated carbocycles. The largest absolute Gasteiger partial charge is 0.393 e. The van der Waals surface area contributed by atoms with E-state index in [2.05, 4.69) is 20.8 Å². The topological polar surface area (TPSA) is 20.2 Å². The van der Waals surface area contributed by atoms with E-state index in [1.54, 1.807) is 0 Å². The Hall–Kier alpha value is -0.0400. The quantitative estimate of drug-likeness (QED) is 0.777. The Morgan fingerprint density at radius 2 is 1.67 bits per heavy atom. The second-order valence-electron chi connectivity index (χ2n) is 8.65. The predicted molar refractivity (Wildman–Crippen MR) is 75.4 cm³/mol. The van der Waals surface area contributed by atoms with Crippen LogP contribution in [0.2, 0.25) is 0 Å². The number of hydrogen-bond acceptors (Lipinski definition) is 1. The molecule has 0 aliphatic heterocycles. The van der Waals surface area contributed by atoms with Gasteiger partial charge in [0.2, 0.25) is 0 Å². The van der Waals surface area contributed by atoms with E-state index in [9.17, 15) is 5.11 Å². The molecule has 3 atom stereocenters. The number of unbranched alkanes of at least 4 members (excludes halogenated alkanes) is 1. The van der Waals surface area contributed by atoms with Crippen molar-refractivity contribution in [1.29, 1.82) is 0 Å². The number of rotatable bonds is 4. The van der Waals surface area contributed by atoms with Crippen LogP contribution >= 0.6 is 0 Å². The second-order valence-corrected chi connectivity index (χ2v) is 8.65. The Labute approximate surface area is 112 Å². The van der Waals surface area contributed by atoms with E-state index in [4.69, 9.17) is 0 Å². The van der Waals surface area contributed by atoms with E-state index in [1.165, 1.54) is 51.4 Å². The molecule has 0 aromatic heterocycles. The Morgan fingerprint density at radius 3 is 2.17 bits per heavy atom. The van der Waals surface area contributed by atoms with Crippen LogP contribution in [0.4, 0.5) is 0 Å². The highest BCUT2D eigenvalue weighted by Crippen LogP contribution is 2.70. The molecule has 0 heterocycles. The molecular weight excluding hydrogens is 220 g/mol. The number of aliphatic hydroxyl groups excluding tert-OH is 1. The first-order valence-electron chi connectivity index (χ1n) is 8.07. The lowest BCUT2D eigenvalue weighted by molar-refractivity contribution is -0.186. The molecule has 18 heavy (non-hydrogen) atoms. The maximum Gasteiger partial charge on any atom is 0.0596 e. The number of aliphatic hydroxyl groups is 1. The van der Waals surface area contributed by atoms with Gasteiger partial charge in [-0.2, -0.15) is 0 Å². The molecule has 4 fully saturated rings. The van der Waals surface area contributed by atoms with Gasteiger partial charge < -0.3 is 5.11 Å². The monoisotopic (exact) mass is 250 g/mol. The molecule has 0 radical (unpaired) electrons. The minimum Gasteiger partial charge on any atom is -0.393 e. The van der Waals surface area contributed by atoms with Gasteiger partial charge in [-0.25, -0.2) is 0 Å². The molecule has 1 heteroatoms. The smallest absolute Gasteiger partial charge is 0.0596 e. The molecule has 3 unspecified atom stereocenters. The molecule has 0 aromatic rings. The molecule has 4 bridgehead atoms. The molecule has 4 aliphatic carbocycles. The first kappa shape index (κ1) is 13.0. The molecule has 1 nitrogen and oxygen atoms in total. The van der Waals surface area contributed by atoms with Crippen molar-refractivity contribution in [3.63, 3.8) is 0 Å².